The highest BCUT2D eigenvalue weighted by Gasteiger charge is 2.13. The quantitative estimate of drug-likeness (QED) is 0.684. The molecular formula is C19H19N3O5. The molecule has 0 saturated carbocycles. The van der Waals surface area contributed by atoms with Crippen molar-refractivity contribution in [3.8, 4) is 28.6 Å². The summed E-state index contributed by atoms with van der Waals surface area (Å²) in [7, 11) is 4.70. The Morgan fingerprint density at radius 1 is 0.963 bits per heavy atom. The lowest BCUT2D eigenvalue weighted by Crippen LogP contribution is -2.22. The highest BCUT2D eigenvalue weighted by molar-refractivity contribution is 5.94. The van der Waals surface area contributed by atoms with E-state index in [9.17, 15) is 4.79 Å². The van der Waals surface area contributed by atoms with Gasteiger partial charge in [0.2, 0.25) is 11.7 Å². The molecule has 0 aliphatic rings. The fourth-order valence-corrected chi connectivity index (χ4v) is 2.38. The fourth-order valence-electron chi connectivity index (χ4n) is 2.38. The molecule has 0 radical (unpaired) electrons. The molecule has 1 amide bonds. The van der Waals surface area contributed by atoms with Gasteiger partial charge in [-0.1, -0.05) is 5.16 Å². The summed E-state index contributed by atoms with van der Waals surface area (Å²) in [5.41, 5.74) is 1.19. The lowest BCUT2D eigenvalue weighted by atomic mass is 10.2. The molecule has 8 heteroatoms. The van der Waals surface area contributed by atoms with Gasteiger partial charge in [-0.3, -0.25) is 4.79 Å². The van der Waals surface area contributed by atoms with E-state index in [1.54, 1.807) is 63.8 Å². The van der Waals surface area contributed by atoms with Crippen LogP contribution in [0.25, 0.3) is 11.4 Å². The Morgan fingerprint density at radius 3 is 2.19 bits per heavy atom. The van der Waals surface area contributed by atoms with Crippen molar-refractivity contribution in [2.75, 3.05) is 21.3 Å². The van der Waals surface area contributed by atoms with Gasteiger partial charge in [-0.05, 0) is 36.4 Å². The van der Waals surface area contributed by atoms with Crippen LogP contribution < -0.4 is 19.5 Å². The van der Waals surface area contributed by atoms with Crippen molar-refractivity contribution in [3.05, 3.63) is 53.9 Å². The third-order valence-corrected chi connectivity index (χ3v) is 3.83. The number of ether oxygens (including phenoxy) is 3. The van der Waals surface area contributed by atoms with Crippen LogP contribution in [-0.2, 0) is 6.54 Å². The normalized spacial score (nSPS) is 10.3. The van der Waals surface area contributed by atoms with Gasteiger partial charge in [0.15, 0.2) is 0 Å². The van der Waals surface area contributed by atoms with Crippen molar-refractivity contribution >= 4 is 5.91 Å². The van der Waals surface area contributed by atoms with E-state index in [1.165, 1.54) is 0 Å². The average molecular weight is 369 g/mol. The zero-order valence-corrected chi connectivity index (χ0v) is 15.2. The molecule has 2 aromatic carbocycles. The summed E-state index contributed by atoms with van der Waals surface area (Å²) < 4.78 is 20.8. The number of hydrogen-bond donors (Lipinski definition) is 1. The summed E-state index contributed by atoms with van der Waals surface area (Å²) in [6.07, 6.45) is 0. The molecule has 0 saturated heterocycles. The topological polar surface area (TPSA) is 95.7 Å². The molecule has 1 N–H and O–H groups in total. The van der Waals surface area contributed by atoms with Gasteiger partial charge in [0, 0.05) is 17.2 Å². The molecule has 0 fully saturated rings. The number of carbonyl (C=O) groups is 1. The van der Waals surface area contributed by atoms with Crippen molar-refractivity contribution in [1.82, 2.24) is 15.5 Å². The van der Waals surface area contributed by atoms with Gasteiger partial charge in [-0.2, -0.15) is 4.98 Å². The van der Waals surface area contributed by atoms with Crippen molar-refractivity contribution in [2.24, 2.45) is 0 Å². The number of rotatable bonds is 7. The molecule has 3 rings (SSSR count). The zero-order chi connectivity index (χ0) is 19.2. The molecule has 0 atom stereocenters. The first-order valence-corrected chi connectivity index (χ1v) is 8.11. The Hall–Kier alpha value is -3.55. The predicted octanol–water partition coefficient (Wildman–Crippen LogP) is 2.69. The number of amides is 1. The first kappa shape index (κ1) is 18.2. The second-order valence-corrected chi connectivity index (χ2v) is 5.52. The Bertz CT molecular complexity index is 899. The Labute approximate surface area is 156 Å². The van der Waals surface area contributed by atoms with Crippen LogP contribution in [0, 0.1) is 0 Å². The molecule has 1 aromatic heterocycles. The van der Waals surface area contributed by atoms with E-state index in [0.29, 0.717) is 34.2 Å². The van der Waals surface area contributed by atoms with E-state index < -0.39 is 0 Å². The van der Waals surface area contributed by atoms with Gasteiger partial charge >= 0.3 is 0 Å². The van der Waals surface area contributed by atoms with Gasteiger partial charge in [0.25, 0.3) is 5.91 Å². The van der Waals surface area contributed by atoms with Crippen LogP contribution >= 0.6 is 0 Å². The highest BCUT2D eigenvalue weighted by atomic mass is 16.5. The second kappa shape index (κ2) is 8.22. The third kappa shape index (κ3) is 4.35. The third-order valence-electron chi connectivity index (χ3n) is 3.83. The summed E-state index contributed by atoms with van der Waals surface area (Å²) in [5, 5.41) is 6.68. The van der Waals surface area contributed by atoms with Crippen LogP contribution in [0.1, 0.15) is 16.2 Å². The fraction of sp³-hybridized carbons (Fsp3) is 0.211. The van der Waals surface area contributed by atoms with Crippen molar-refractivity contribution in [2.45, 2.75) is 6.54 Å². The minimum absolute atomic E-state index is 0.110. The van der Waals surface area contributed by atoms with Gasteiger partial charge in [-0.25, -0.2) is 0 Å². The Kier molecular flexibility index (Phi) is 5.55. The van der Waals surface area contributed by atoms with Crippen LogP contribution in [0.4, 0.5) is 0 Å². The molecule has 0 aliphatic heterocycles. The summed E-state index contributed by atoms with van der Waals surface area (Å²) in [6.45, 7) is 0.110. The van der Waals surface area contributed by atoms with E-state index in [4.69, 9.17) is 18.7 Å². The molecule has 0 aliphatic carbocycles. The number of aromatic nitrogens is 2. The Balaban J connectivity index is 1.68. The van der Waals surface area contributed by atoms with E-state index >= 15 is 0 Å². The van der Waals surface area contributed by atoms with E-state index in [1.807, 2.05) is 0 Å². The van der Waals surface area contributed by atoms with E-state index in [0.717, 1.165) is 0 Å². The maximum Gasteiger partial charge on any atom is 0.251 e. The minimum Gasteiger partial charge on any atom is -0.497 e. The van der Waals surface area contributed by atoms with Crippen molar-refractivity contribution in [3.63, 3.8) is 0 Å². The predicted molar refractivity (Wildman–Crippen MR) is 97.0 cm³/mol. The van der Waals surface area contributed by atoms with Crippen LogP contribution in [0.3, 0.4) is 0 Å². The Morgan fingerprint density at radius 2 is 1.59 bits per heavy atom. The first-order valence-electron chi connectivity index (χ1n) is 8.11. The summed E-state index contributed by atoms with van der Waals surface area (Å²) in [5.74, 6) is 2.32. The van der Waals surface area contributed by atoms with Crippen LogP contribution in [0.15, 0.2) is 47.0 Å². The van der Waals surface area contributed by atoms with E-state index in [-0.39, 0.29) is 18.3 Å². The van der Waals surface area contributed by atoms with Gasteiger partial charge in [0.1, 0.15) is 17.2 Å². The maximum absolute atomic E-state index is 12.2. The summed E-state index contributed by atoms with van der Waals surface area (Å²) >= 11 is 0. The van der Waals surface area contributed by atoms with Crippen molar-refractivity contribution in [1.29, 1.82) is 0 Å². The molecule has 0 spiro atoms. The molecule has 0 bridgehead atoms. The van der Waals surface area contributed by atoms with Crippen LogP contribution in [0.5, 0.6) is 17.2 Å². The number of carbonyl (C=O) groups excluding carboxylic acids is 1. The number of nitrogens with one attached hydrogen (secondary N) is 1. The number of nitrogens with zero attached hydrogens (tertiary/aromatic N) is 2. The van der Waals surface area contributed by atoms with Gasteiger partial charge in [-0.15, -0.1) is 0 Å². The van der Waals surface area contributed by atoms with Crippen molar-refractivity contribution < 1.29 is 23.5 Å². The summed E-state index contributed by atoms with van der Waals surface area (Å²) in [4.78, 5) is 16.5. The molecule has 3 aromatic rings. The first-order chi connectivity index (χ1) is 13.1. The van der Waals surface area contributed by atoms with Crippen LogP contribution in [-0.4, -0.2) is 37.4 Å². The standard InChI is InChI=1S/C19H19N3O5/c1-24-14-6-4-12(5-7-14)19(23)20-11-17-21-18(22-27-17)13-8-15(25-2)10-16(9-13)26-3/h4-10H,11H2,1-3H3,(H,20,23). The molecule has 1 heterocycles. The highest BCUT2D eigenvalue weighted by Crippen LogP contribution is 2.28. The lowest BCUT2D eigenvalue weighted by molar-refractivity contribution is 0.0946. The minimum atomic E-state index is -0.250. The molecular weight excluding hydrogens is 350 g/mol. The van der Waals surface area contributed by atoms with Crippen LogP contribution in [0.2, 0.25) is 0 Å². The molecule has 27 heavy (non-hydrogen) atoms. The van der Waals surface area contributed by atoms with E-state index in [2.05, 4.69) is 15.5 Å². The monoisotopic (exact) mass is 369 g/mol. The number of benzene rings is 2. The molecule has 8 nitrogen and oxygen atoms in total. The average Bonchev–Trinajstić information content (AvgIpc) is 3.20. The lowest BCUT2D eigenvalue weighted by Gasteiger charge is -2.05. The molecule has 0 unspecified atom stereocenters. The maximum atomic E-state index is 12.2. The number of methoxy groups -OCH3 is 3. The van der Waals surface area contributed by atoms with Gasteiger partial charge < -0.3 is 24.1 Å². The SMILES string of the molecule is COc1ccc(C(=O)NCc2nc(-c3cc(OC)cc(OC)c3)no2)cc1. The number of hydrogen-bond acceptors (Lipinski definition) is 7. The zero-order valence-electron chi connectivity index (χ0n) is 15.2. The second-order valence-electron chi connectivity index (χ2n) is 5.52. The van der Waals surface area contributed by atoms with Gasteiger partial charge in [0.05, 0.1) is 27.9 Å². The smallest absolute Gasteiger partial charge is 0.251 e. The molecule has 140 valence electrons. The largest absolute Gasteiger partial charge is 0.497 e. The summed E-state index contributed by atoms with van der Waals surface area (Å²) in [6, 6.07) is 12.1.